The normalized spacial score (nSPS) is 11.0. The van der Waals surface area contributed by atoms with E-state index in [1.54, 1.807) is 0 Å². The van der Waals surface area contributed by atoms with Crippen LogP contribution in [0.3, 0.4) is 0 Å². The number of hydrogen-bond donors (Lipinski definition) is 2. The standard InChI is InChI=1S/C8H19ClN2.ClH/c1-6(2)10-8(5-9)11-7(3)4;/h6-8,10-11H,5H2,1-4H3;1H. The number of nitrogens with one attached hydrogen (secondary N) is 2. The molecule has 0 heterocycles. The summed E-state index contributed by atoms with van der Waals surface area (Å²) in [5.41, 5.74) is 0. The van der Waals surface area contributed by atoms with E-state index in [1.165, 1.54) is 0 Å². The third-order valence-electron chi connectivity index (χ3n) is 1.22. The molecule has 2 N–H and O–H groups in total. The van der Waals surface area contributed by atoms with Gasteiger partial charge in [-0.2, -0.15) is 0 Å². The van der Waals surface area contributed by atoms with Crippen LogP contribution in [-0.2, 0) is 0 Å². The van der Waals surface area contributed by atoms with Crippen LogP contribution >= 0.6 is 24.0 Å². The molecule has 0 saturated heterocycles. The van der Waals surface area contributed by atoms with Crippen LogP contribution in [0.4, 0.5) is 0 Å². The fourth-order valence-corrected chi connectivity index (χ4v) is 1.12. The summed E-state index contributed by atoms with van der Waals surface area (Å²) in [6.07, 6.45) is 0.233. The van der Waals surface area contributed by atoms with Gasteiger partial charge in [-0.25, -0.2) is 0 Å². The molecule has 0 radical (unpaired) electrons. The van der Waals surface area contributed by atoms with Crippen LogP contribution < -0.4 is 10.6 Å². The van der Waals surface area contributed by atoms with Gasteiger partial charge in [0.2, 0.25) is 0 Å². The third-order valence-corrected chi connectivity index (χ3v) is 1.53. The highest BCUT2D eigenvalue weighted by atomic mass is 35.5. The number of hydrogen-bond acceptors (Lipinski definition) is 2. The molecule has 4 heteroatoms. The largest absolute Gasteiger partial charge is 0.299 e. The zero-order chi connectivity index (χ0) is 8.85. The summed E-state index contributed by atoms with van der Waals surface area (Å²) < 4.78 is 0. The van der Waals surface area contributed by atoms with Crippen molar-refractivity contribution in [2.24, 2.45) is 0 Å². The zero-order valence-electron chi connectivity index (χ0n) is 8.23. The maximum absolute atomic E-state index is 5.73. The summed E-state index contributed by atoms with van der Waals surface area (Å²) in [4.78, 5) is 0. The fourth-order valence-electron chi connectivity index (χ4n) is 0.942. The average Bonchev–Trinajstić information content (AvgIpc) is 1.84. The predicted molar refractivity (Wildman–Crippen MR) is 58.3 cm³/mol. The highest BCUT2D eigenvalue weighted by Gasteiger charge is 2.07. The summed E-state index contributed by atoms with van der Waals surface area (Å²) in [6, 6.07) is 0.954. The Kier molecular flexibility index (Phi) is 10.1. The van der Waals surface area contributed by atoms with Crippen molar-refractivity contribution < 1.29 is 0 Å². The summed E-state index contributed by atoms with van der Waals surface area (Å²) in [5, 5.41) is 6.64. The van der Waals surface area contributed by atoms with Crippen LogP contribution in [0.2, 0.25) is 0 Å². The molecule has 0 bridgehead atoms. The van der Waals surface area contributed by atoms with Gasteiger partial charge >= 0.3 is 0 Å². The quantitative estimate of drug-likeness (QED) is 0.541. The minimum absolute atomic E-state index is 0. The first-order chi connectivity index (χ1) is 5.06. The van der Waals surface area contributed by atoms with E-state index in [2.05, 4.69) is 38.3 Å². The van der Waals surface area contributed by atoms with Gasteiger partial charge in [0.05, 0.1) is 12.0 Å². The van der Waals surface area contributed by atoms with Gasteiger partial charge in [-0.3, -0.25) is 10.6 Å². The zero-order valence-corrected chi connectivity index (χ0v) is 9.80. The molecule has 0 unspecified atom stereocenters. The predicted octanol–water partition coefficient (Wildman–Crippen LogP) is 1.97. The van der Waals surface area contributed by atoms with Gasteiger partial charge in [0.15, 0.2) is 0 Å². The lowest BCUT2D eigenvalue weighted by Crippen LogP contribution is -2.49. The van der Waals surface area contributed by atoms with E-state index in [1.807, 2.05) is 0 Å². The second kappa shape index (κ2) is 8.11. The second-order valence-corrected chi connectivity index (χ2v) is 3.66. The topological polar surface area (TPSA) is 24.1 Å². The molecule has 0 rings (SSSR count). The molecule has 0 aromatic heterocycles. The van der Waals surface area contributed by atoms with Crippen molar-refractivity contribution in [1.82, 2.24) is 10.6 Å². The van der Waals surface area contributed by atoms with E-state index >= 15 is 0 Å². The lowest BCUT2D eigenvalue weighted by atomic mass is 10.3. The van der Waals surface area contributed by atoms with Crippen molar-refractivity contribution in [3.8, 4) is 0 Å². The maximum atomic E-state index is 5.73. The first-order valence-electron chi connectivity index (χ1n) is 4.14. The molecular weight excluding hydrogens is 195 g/mol. The van der Waals surface area contributed by atoms with Gasteiger partial charge in [-0.1, -0.05) is 0 Å². The minimum Gasteiger partial charge on any atom is -0.299 e. The molecule has 0 aromatic carbocycles. The highest BCUT2D eigenvalue weighted by Crippen LogP contribution is 1.90. The van der Waals surface area contributed by atoms with E-state index in [4.69, 9.17) is 11.6 Å². The summed E-state index contributed by atoms with van der Waals surface area (Å²) in [6.45, 7) is 8.45. The molecule has 0 spiro atoms. The Labute approximate surface area is 86.8 Å². The number of halogens is 2. The van der Waals surface area contributed by atoms with Crippen LogP contribution in [0.1, 0.15) is 27.7 Å². The van der Waals surface area contributed by atoms with E-state index in [0.717, 1.165) is 0 Å². The lowest BCUT2D eigenvalue weighted by molar-refractivity contribution is 0.393. The van der Waals surface area contributed by atoms with Crippen molar-refractivity contribution in [3.63, 3.8) is 0 Å². The van der Waals surface area contributed by atoms with Crippen molar-refractivity contribution in [2.45, 2.75) is 45.9 Å². The molecule has 0 aliphatic rings. The Hall–Kier alpha value is 0.500. The molecule has 2 nitrogen and oxygen atoms in total. The summed E-state index contributed by atoms with van der Waals surface area (Å²) >= 11 is 5.73. The molecule has 0 aromatic rings. The Morgan fingerprint density at radius 3 is 1.50 bits per heavy atom. The number of rotatable bonds is 5. The van der Waals surface area contributed by atoms with Crippen LogP contribution in [0.5, 0.6) is 0 Å². The van der Waals surface area contributed by atoms with Crippen molar-refractivity contribution in [3.05, 3.63) is 0 Å². The minimum atomic E-state index is 0. The van der Waals surface area contributed by atoms with Gasteiger partial charge in [0, 0.05) is 12.1 Å². The molecule has 0 saturated carbocycles. The SMILES string of the molecule is CC(C)NC(CCl)NC(C)C.Cl. The molecule has 0 aliphatic carbocycles. The van der Waals surface area contributed by atoms with E-state index < -0.39 is 0 Å². The molecule has 0 aliphatic heterocycles. The molecule has 12 heavy (non-hydrogen) atoms. The van der Waals surface area contributed by atoms with Gasteiger partial charge in [-0.15, -0.1) is 24.0 Å². The fraction of sp³-hybridized carbons (Fsp3) is 1.00. The monoisotopic (exact) mass is 214 g/mol. The van der Waals surface area contributed by atoms with E-state index in [9.17, 15) is 0 Å². The molecule has 0 fully saturated rings. The first kappa shape index (κ1) is 15.0. The molecule has 0 atom stereocenters. The van der Waals surface area contributed by atoms with Gasteiger partial charge in [0.1, 0.15) is 0 Å². The molecule has 0 amide bonds. The van der Waals surface area contributed by atoms with Crippen molar-refractivity contribution in [2.75, 3.05) is 5.88 Å². The summed E-state index contributed by atoms with van der Waals surface area (Å²) in [5.74, 6) is 0.608. The Morgan fingerprint density at radius 2 is 1.33 bits per heavy atom. The Bertz CT molecular complexity index is 87.1. The third kappa shape index (κ3) is 8.60. The molecule has 76 valence electrons. The maximum Gasteiger partial charge on any atom is 0.0715 e. The Morgan fingerprint density at radius 1 is 1.00 bits per heavy atom. The van der Waals surface area contributed by atoms with Gasteiger partial charge in [-0.05, 0) is 27.7 Å². The van der Waals surface area contributed by atoms with Crippen LogP contribution in [-0.4, -0.2) is 24.1 Å². The lowest BCUT2D eigenvalue weighted by Gasteiger charge is -2.22. The second-order valence-electron chi connectivity index (χ2n) is 3.35. The first-order valence-corrected chi connectivity index (χ1v) is 4.67. The van der Waals surface area contributed by atoms with E-state index in [0.29, 0.717) is 18.0 Å². The average molecular weight is 215 g/mol. The van der Waals surface area contributed by atoms with Crippen molar-refractivity contribution in [1.29, 1.82) is 0 Å². The molecular formula is C8H20Cl2N2. The number of alkyl halides is 1. The van der Waals surface area contributed by atoms with Crippen LogP contribution in [0, 0.1) is 0 Å². The highest BCUT2D eigenvalue weighted by molar-refractivity contribution is 6.18. The van der Waals surface area contributed by atoms with E-state index in [-0.39, 0.29) is 18.6 Å². The van der Waals surface area contributed by atoms with Crippen LogP contribution in [0.25, 0.3) is 0 Å². The van der Waals surface area contributed by atoms with Gasteiger partial charge in [0.25, 0.3) is 0 Å². The van der Waals surface area contributed by atoms with Crippen LogP contribution in [0.15, 0.2) is 0 Å². The smallest absolute Gasteiger partial charge is 0.0715 e. The van der Waals surface area contributed by atoms with Crippen molar-refractivity contribution >= 4 is 24.0 Å². The van der Waals surface area contributed by atoms with Gasteiger partial charge < -0.3 is 0 Å². The Balaban J connectivity index is 0. The summed E-state index contributed by atoms with van der Waals surface area (Å²) in [7, 11) is 0.